The summed E-state index contributed by atoms with van der Waals surface area (Å²) < 4.78 is 6.02. The average molecular weight is 729 g/mol. The Labute approximate surface area is 324 Å². The molecule has 0 aromatic carbocycles. The Morgan fingerprint density at radius 2 is 0.750 bits per heavy atom. The summed E-state index contributed by atoms with van der Waals surface area (Å²) in [5, 5.41) is 8.85. The Hall–Kier alpha value is -1.84. The van der Waals surface area contributed by atoms with E-state index in [4.69, 9.17) is 9.84 Å². The van der Waals surface area contributed by atoms with Gasteiger partial charge in [0, 0.05) is 12.8 Å². The molecule has 0 aromatic heterocycles. The van der Waals surface area contributed by atoms with Gasteiger partial charge in [0.05, 0.1) is 0 Å². The highest BCUT2D eigenvalue weighted by Gasteiger charge is 2.14. The van der Waals surface area contributed by atoms with E-state index in [1.807, 2.05) is 0 Å². The molecule has 0 radical (unpaired) electrons. The van der Waals surface area contributed by atoms with Gasteiger partial charge in [0.25, 0.3) is 0 Å². The number of carbonyl (C=O) groups is 2. The van der Waals surface area contributed by atoms with Crippen molar-refractivity contribution in [3.8, 4) is 0 Å². The predicted octanol–water partition coefficient (Wildman–Crippen LogP) is 16.1. The molecule has 0 fully saturated rings. The summed E-state index contributed by atoms with van der Waals surface area (Å²) in [7, 11) is 0. The third-order valence-corrected chi connectivity index (χ3v) is 10.3. The van der Waals surface area contributed by atoms with Crippen LogP contribution in [0.15, 0.2) is 36.5 Å². The van der Waals surface area contributed by atoms with Crippen LogP contribution in [0.2, 0.25) is 0 Å². The summed E-state index contributed by atoms with van der Waals surface area (Å²) >= 11 is 0. The molecule has 4 nitrogen and oxygen atoms in total. The summed E-state index contributed by atoms with van der Waals surface area (Å²) in [5.41, 5.74) is 0. The van der Waals surface area contributed by atoms with E-state index in [-0.39, 0.29) is 18.5 Å². The first kappa shape index (κ1) is 50.2. The van der Waals surface area contributed by atoms with Crippen molar-refractivity contribution < 1.29 is 19.4 Å². The fraction of sp³-hybridized carbons (Fsp3) is 0.833. The summed E-state index contributed by atoms with van der Waals surface area (Å²) in [6, 6.07) is 0. The molecule has 1 unspecified atom stereocenters. The van der Waals surface area contributed by atoms with E-state index >= 15 is 0 Å². The van der Waals surface area contributed by atoms with Crippen LogP contribution in [0.25, 0.3) is 0 Å². The number of aliphatic carboxylic acids is 1. The van der Waals surface area contributed by atoms with Gasteiger partial charge in [-0.25, -0.2) is 0 Å². The van der Waals surface area contributed by atoms with Crippen molar-refractivity contribution in [1.29, 1.82) is 0 Å². The predicted molar refractivity (Wildman–Crippen MR) is 227 cm³/mol. The maximum absolute atomic E-state index is 12.7. The number of carboxylic acid groups (broad SMARTS) is 1. The lowest BCUT2D eigenvalue weighted by atomic mass is 10.0. The molecule has 0 aromatic rings. The van der Waals surface area contributed by atoms with Gasteiger partial charge >= 0.3 is 11.9 Å². The monoisotopic (exact) mass is 729 g/mol. The number of carbonyl (C=O) groups excluding carboxylic acids is 1. The average Bonchev–Trinajstić information content (AvgIpc) is 3.13. The summed E-state index contributed by atoms with van der Waals surface area (Å²) in [6.45, 7) is 4.55. The second-order valence-corrected chi connectivity index (χ2v) is 15.6. The fourth-order valence-corrected chi connectivity index (χ4v) is 6.92. The highest BCUT2D eigenvalue weighted by atomic mass is 16.5. The van der Waals surface area contributed by atoms with E-state index in [9.17, 15) is 9.59 Å². The van der Waals surface area contributed by atoms with Crippen molar-refractivity contribution in [2.45, 2.75) is 258 Å². The summed E-state index contributed by atoms with van der Waals surface area (Å²) in [6.07, 6.45) is 57.5. The van der Waals surface area contributed by atoms with Gasteiger partial charge in [0.1, 0.15) is 6.10 Å². The number of rotatable bonds is 42. The second kappa shape index (κ2) is 43.6. The molecule has 1 atom stereocenters. The van der Waals surface area contributed by atoms with Crippen LogP contribution in [-0.2, 0) is 14.3 Å². The van der Waals surface area contributed by atoms with Crippen molar-refractivity contribution in [2.75, 3.05) is 0 Å². The van der Waals surface area contributed by atoms with Crippen LogP contribution in [0.1, 0.15) is 251 Å². The molecule has 52 heavy (non-hydrogen) atoms. The van der Waals surface area contributed by atoms with E-state index in [2.05, 4.69) is 50.3 Å². The van der Waals surface area contributed by atoms with E-state index < -0.39 is 5.97 Å². The van der Waals surface area contributed by atoms with Crippen molar-refractivity contribution >= 4 is 11.9 Å². The number of esters is 1. The molecule has 0 aliphatic rings. The maximum atomic E-state index is 12.7. The van der Waals surface area contributed by atoms with Gasteiger partial charge < -0.3 is 9.84 Å². The maximum Gasteiger partial charge on any atom is 0.306 e. The third kappa shape index (κ3) is 42.6. The van der Waals surface area contributed by atoms with Crippen LogP contribution in [0.3, 0.4) is 0 Å². The lowest BCUT2D eigenvalue weighted by molar-refractivity contribution is -0.150. The molecule has 4 heteroatoms. The minimum absolute atomic E-state index is 0.00979. The minimum atomic E-state index is -0.703. The first-order valence-corrected chi connectivity index (χ1v) is 23.0. The topological polar surface area (TPSA) is 63.6 Å². The smallest absolute Gasteiger partial charge is 0.306 e. The Morgan fingerprint density at radius 3 is 1.17 bits per heavy atom. The van der Waals surface area contributed by atoms with Crippen molar-refractivity contribution in [1.82, 2.24) is 0 Å². The zero-order chi connectivity index (χ0) is 37.8. The highest BCUT2D eigenvalue weighted by Crippen LogP contribution is 2.19. The standard InChI is InChI=1S/C48H88O4/c1-3-5-7-9-11-13-15-17-19-20-21-22-24-26-28-30-32-37-41-45-48(51)52-46(43-39-35-33-36-40-44-47(49)50)42-38-34-31-29-27-25-23-18-16-14-12-10-8-6-4-2/h16-19,25,27,46H,3-15,20-24,26,28-45H2,1-2H3,(H,49,50)/b18-16-,19-17-,27-25-. The molecule has 0 aliphatic carbocycles. The molecule has 0 saturated heterocycles. The number of hydrogen-bond acceptors (Lipinski definition) is 3. The molecule has 0 amide bonds. The molecule has 0 bridgehead atoms. The quantitative estimate of drug-likeness (QED) is 0.0386. The number of unbranched alkanes of at least 4 members (excludes halogenated alkanes) is 27. The Morgan fingerprint density at radius 1 is 0.423 bits per heavy atom. The van der Waals surface area contributed by atoms with Gasteiger partial charge in [-0.3, -0.25) is 9.59 Å². The number of hydrogen-bond donors (Lipinski definition) is 1. The van der Waals surface area contributed by atoms with Crippen molar-refractivity contribution in [3.63, 3.8) is 0 Å². The molecule has 0 aliphatic heterocycles. The Kier molecular flexibility index (Phi) is 42.0. The van der Waals surface area contributed by atoms with E-state index in [1.165, 1.54) is 148 Å². The number of carboxylic acids is 1. The number of allylic oxidation sites excluding steroid dienone is 6. The first-order chi connectivity index (χ1) is 25.6. The zero-order valence-corrected chi connectivity index (χ0v) is 34.9. The minimum Gasteiger partial charge on any atom is -0.481 e. The molecule has 0 rings (SSSR count). The largest absolute Gasteiger partial charge is 0.481 e. The third-order valence-electron chi connectivity index (χ3n) is 10.3. The van der Waals surface area contributed by atoms with Gasteiger partial charge in [-0.1, -0.05) is 179 Å². The zero-order valence-electron chi connectivity index (χ0n) is 34.9. The van der Waals surface area contributed by atoms with Gasteiger partial charge in [0.15, 0.2) is 0 Å². The molecular weight excluding hydrogens is 641 g/mol. The number of ether oxygens (including phenoxy) is 1. The lowest BCUT2D eigenvalue weighted by Gasteiger charge is -2.18. The van der Waals surface area contributed by atoms with Crippen LogP contribution < -0.4 is 0 Å². The molecule has 1 N–H and O–H groups in total. The van der Waals surface area contributed by atoms with Crippen LogP contribution >= 0.6 is 0 Å². The molecule has 0 heterocycles. The lowest BCUT2D eigenvalue weighted by Crippen LogP contribution is -2.18. The highest BCUT2D eigenvalue weighted by molar-refractivity contribution is 5.69. The molecular formula is C48H88O4. The van der Waals surface area contributed by atoms with E-state index in [0.29, 0.717) is 6.42 Å². The van der Waals surface area contributed by atoms with Crippen molar-refractivity contribution in [3.05, 3.63) is 36.5 Å². The van der Waals surface area contributed by atoms with Crippen LogP contribution in [0.5, 0.6) is 0 Å². The first-order valence-electron chi connectivity index (χ1n) is 23.0. The molecule has 304 valence electrons. The SMILES string of the molecule is CCCCCCC/C=C\C/C=C\CCCCCC(CCCCCCCC(=O)O)OC(=O)CCCCCCCCCCC/C=C\CCCCCCCC. The van der Waals surface area contributed by atoms with E-state index in [1.54, 1.807) is 0 Å². The summed E-state index contributed by atoms with van der Waals surface area (Å²) in [5.74, 6) is -0.713. The van der Waals surface area contributed by atoms with Crippen LogP contribution in [0, 0.1) is 0 Å². The molecule has 0 saturated carbocycles. The van der Waals surface area contributed by atoms with Gasteiger partial charge in [-0.15, -0.1) is 0 Å². The molecule has 0 spiro atoms. The summed E-state index contributed by atoms with van der Waals surface area (Å²) in [4.78, 5) is 23.5. The second-order valence-electron chi connectivity index (χ2n) is 15.6. The Bertz CT molecular complexity index is 828. The van der Waals surface area contributed by atoms with Gasteiger partial charge in [-0.2, -0.15) is 0 Å². The van der Waals surface area contributed by atoms with Gasteiger partial charge in [-0.05, 0) is 96.3 Å². The fourth-order valence-electron chi connectivity index (χ4n) is 6.92. The van der Waals surface area contributed by atoms with Gasteiger partial charge in [0.2, 0.25) is 0 Å². The Balaban J connectivity index is 4.02. The van der Waals surface area contributed by atoms with E-state index in [0.717, 1.165) is 77.0 Å². The van der Waals surface area contributed by atoms with Crippen molar-refractivity contribution in [2.24, 2.45) is 0 Å². The van der Waals surface area contributed by atoms with Crippen LogP contribution in [-0.4, -0.2) is 23.1 Å². The normalized spacial score (nSPS) is 12.5. The van der Waals surface area contributed by atoms with Crippen LogP contribution in [0.4, 0.5) is 0 Å².